The maximum atomic E-state index is 11.7. The highest BCUT2D eigenvalue weighted by molar-refractivity contribution is 7.17. The molecule has 1 atom stereocenters. The van der Waals surface area contributed by atoms with Gasteiger partial charge in [0.15, 0.2) is 0 Å². The highest BCUT2D eigenvalue weighted by Crippen LogP contribution is 2.13. The predicted octanol–water partition coefficient (Wildman–Crippen LogP) is 1.48. The van der Waals surface area contributed by atoms with Gasteiger partial charge in [0, 0.05) is 6.61 Å². The number of H-pyrrole nitrogens is 1. The van der Waals surface area contributed by atoms with Crippen LogP contribution in [0.25, 0.3) is 10.2 Å². The second kappa shape index (κ2) is 6.79. The van der Waals surface area contributed by atoms with Gasteiger partial charge in [-0.25, -0.2) is 4.98 Å². The largest absolute Gasteiger partial charge is 0.396 e. The van der Waals surface area contributed by atoms with Crippen molar-refractivity contribution in [3.8, 4) is 0 Å². The predicted molar refractivity (Wildman–Crippen MR) is 77.4 cm³/mol. The van der Waals surface area contributed by atoms with E-state index in [1.807, 2.05) is 18.4 Å². The van der Waals surface area contributed by atoms with Gasteiger partial charge in [0.1, 0.15) is 10.5 Å². The summed E-state index contributed by atoms with van der Waals surface area (Å²) in [4.78, 5) is 18.9. The van der Waals surface area contributed by atoms with Crippen molar-refractivity contribution in [1.29, 1.82) is 0 Å². The van der Waals surface area contributed by atoms with E-state index in [0.717, 1.165) is 24.9 Å². The van der Waals surface area contributed by atoms with Gasteiger partial charge in [0.05, 0.1) is 12.1 Å². The van der Waals surface area contributed by atoms with Gasteiger partial charge in [-0.1, -0.05) is 6.92 Å². The van der Waals surface area contributed by atoms with Gasteiger partial charge in [-0.3, -0.25) is 4.79 Å². The number of nitrogens with zero attached hydrogens (tertiary/aromatic N) is 1. The van der Waals surface area contributed by atoms with Crippen LogP contribution in [0.2, 0.25) is 0 Å². The fourth-order valence-electron chi connectivity index (χ4n) is 1.88. The number of hydrogen-bond donors (Lipinski definition) is 3. The van der Waals surface area contributed by atoms with Crippen LogP contribution in [0.4, 0.5) is 0 Å². The molecule has 5 nitrogen and oxygen atoms in total. The van der Waals surface area contributed by atoms with Crippen LogP contribution in [-0.2, 0) is 6.54 Å². The van der Waals surface area contributed by atoms with Crippen LogP contribution < -0.4 is 10.9 Å². The second-order valence-corrected chi connectivity index (χ2v) is 5.67. The molecule has 3 N–H and O–H groups in total. The lowest BCUT2D eigenvalue weighted by atomic mass is 10.1. The fraction of sp³-hybridized carbons (Fsp3) is 0.538. The molecule has 0 aliphatic heterocycles. The first-order chi connectivity index (χ1) is 9.20. The van der Waals surface area contributed by atoms with Crippen molar-refractivity contribution in [1.82, 2.24) is 15.3 Å². The van der Waals surface area contributed by atoms with Gasteiger partial charge in [0.2, 0.25) is 0 Å². The first-order valence-electron chi connectivity index (χ1n) is 6.48. The summed E-state index contributed by atoms with van der Waals surface area (Å²) < 4.78 is 0.681. The minimum atomic E-state index is -0.0642. The molecule has 2 aromatic rings. The lowest BCUT2D eigenvalue weighted by Gasteiger charge is -2.08. The summed E-state index contributed by atoms with van der Waals surface area (Å²) in [7, 11) is 0. The van der Waals surface area contributed by atoms with Crippen molar-refractivity contribution in [2.24, 2.45) is 5.92 Å². The van der Waals surface area contributed by atoms with Crippen LogP contribution in [0.5, 0.6) is 0 Å². The molecule has 104 valence electrons. The molecule has 2 aromatic heterocycles. The molecule has 19 heavy (non-hydrogen) atoms. The SMILES string of the molecule is CC(CO)CCCNCc1nc2ccsc2c(=O)[nH]1. The number of fused-ring (bicyclic) bond motifs is 1. The second-order valence-electron chi connectivity index (χ2n) is 4.75. The zero-order chi connectivity index (χ0) is 13.7. The Hall–Kier alpha value is -1.24. The van der Waals surface area contributed by atoms with Gasteiger partial charge in [0.25, 0.3) is 5.56 Å². The van der Waals surface area contributed by atoms with Crippen molar-refractivity contribution in [3.05, 3.63) is 27.6 Å². The van der Waals surface area contributed by atoms with E-state index in [-0.39, 0.29) is 12.2 Å². The Bertz CT molecular complexity index is 579. The Morgan fingerprint density at radius 3 is 3.21 bits per heavy atom. The van der Waals surface area contributed by atoms with E-state index in [2.05, 4.69) is 15.3 Å². The quantitative estimate of drug-likeness (QED) is 0.672. The monoisotopic (exact) mass is 281 g/mol. The Kier molecular flexibility index (Phi) is 5.07. The molecule has 0 aromatic carbocycles. The van der Waals surface area contributed by atoms with E-state index in [4.69, 9.17) is 5.11 Å². The van der Waals surface area contributed by atoms with E-state index in [1.54, 1.807) is 0 Å². The van der Waals surface area contributed by atoms with Crippen molar-refractivity contribution in [3.63, 3.8) is 0 Å². The first kappa shape index (κ1) is 14.2. The molecule has 0 saturated heterocycles. The summed E-state index contributed by atoms with van der Waals surface area (Å²) in [5, 5.41) is 14.0. The summed E-state index contributed by atoms with van der Waals surface area (Å²) in [5.74, 6) is 1.02. The van der Waals surface area contributed by atoms with Crippen LogP contribution >= 0.6 is 11.3 Å². The van der Waals surface area contributed by atoms with Gasteiger partial charge < -0.3 is 15.4 Å². The van der Waals surface area contributed by atoms with Crippen molar-refractivity contribution in [2.45, 2.75) is 26.3 Å². The Morgan fingerprint density at radius 2 is 2.42 bits per heavy atom. The molecule has 0 aliphatic rings. The molecule has 0 saturated carbocycles. The van der Waals surface area contributed by atoms with E-state index in [0.29, 0.717) is 23.0 Å². The van der Waals surface area contributed by atoms with Gasteiger partial charge in [-0.15, -0.1) is 11.3 Å². The Balaban J connectivity index is 1.83. The number of nitrogens with one attached hydrogen (secondary N) is 2. The number of aromatic nitrogens is 2. The van der Waals surface area contributed by atoms with Crippen LogP contribution in [-0.4, -0.2) is 28.2 Å². The third-order valence-electron chi connectivity index (χ3n) is 3.02. The zero-order valence-electron chi connectivity index (χ0n) is 11.0. The van der Waals surface area contributed by atoms with Crippen LogP contribution in [0, 0.1) is 5.92 Å². The molecule has 2 heterocycles. The highest BCUT2D eigenvalue weighted by atomic mass is 32.1. The van der Waals surface area contributed by atoms with E-state index < -0.39 is 0 Å². The average Bonchev–Trinajstić information content (AvgIpc) is 2.87. The summed E-state index contributed by atoms with van der Waals surface area (Å²) >= 11 is 1.41. The lowest BCUT2D eigenvalue weighted by molar-refractivity contribution is 0.228. The molecular formula is C13H19N3O2S. The molecule has 1 unspecified atom stereocenters. The van der Waals surface area contributed by atoms with Crippen LogP contribution in [0.3, 0.4) is 0 Å². The minimum absolute atomic E-state index is 0.0642. The fourth-order valence-corrected chi connectivity index (χ4v) is 2.60. The number of aliphatic hydroxyl groups is 1. The number of rotatable bonds is 7. The van der Waals surface area contributed by atoms with Crippen molar-refractivity contribution in [2.75, 3.05) is 13.2 Å². The molecular weight excluding hydrogens is 262 g/mol. The summed E-state index contributed by atoms with van der Waals surface area (Å²) in [6.45, 7) is 3.69. The normalized spacial score (nSPS) is 12.9. The molecule has 0 bridgehead atoms. The smallest absolute Gasteiger partial charge is 0.268 e. The van der Waals surface area contributed by atoms with Gasteiger partial charge >= 0.3 is 0 Å². The van der Waals surface area contributed by atoms with Crippen LogP contribution in [0.1, 0.15) is 25.6 Å². The molecule has 2 rings (SSSR count). The first-order valence-corrected chi connectivity index (χ1v) is 7.36. The average molecular weight is 281 g/mol. The zero-order valence-corrected chi connectivity index (χ0v) is 11.8. The standard InChI is InChI=1S/C13H19N3O2S/c1-9(8-17)3-2-5-14-7-11-15-10-4-6-19-12(10)13(18)16-11/h4,6,9,14,17H,2-3,5,7-8H2,1H3,(H,15,16,18). The molecule has 0 spiro atoms. The number of aliphatic hydroxyl groups excluding tert-OH is 1. The minimum Gasteiger partial charge on any atom is -0.396 e. The maximum Gasteiger partial charge on any atom is 0.268 e. The lowest BCUT2D eigenvalue weighted by Crippen LogP contribution is -2.20. The van der Waals surface area contributed by atoms with Crippen LogP contribution in [0.15, 0.2) is 16.2 Å². The molecule has 0 fully saturated rings. The topological polar surface area (TPSA) is 78.0 Å². The van der Waals surface area contributed by atoms with Crippen molar-refractivity contribution < 1.29 is 5.11 Å². The Labute approximate surface area is 115 Å². The number of thiophene rings is 1. The number of hydrogen-bond acceptors (Lipinski definition) is 5. The third kappa shape index (κ3) is 3.86. The van der Waals surface area contributed by atoms with Gasteiger partial charge in [-0.05, 0) is 36.8 Å². The Morgan fingerprint density at radius 1 is 1.58 bits per heavy atom. The molecule has 0 radical (unpaired) electrons. The van der Waals surface area contributed by atoms with E-state index in [9.17, 15) is 4.79 Å². The molecule has 6 heteroatoms. The molecule has 0 aliphatic carbocycles. The summed E-state index contributed by atoms with van der Waals surface area (Å²) in [6.07, 6.45) is 2.00. The summed E-state index contributed by atoms with van der Waals surface area (Å²) in [5.41, 5.74) is 0.699. The number of aromatic amines is 1. The van der Waals surface area contributed by atoms with Gasteiger partial charge in [-0.2, -0.15) is 0 Å². The van der Waals surface area contributed by atoms with E-state index >= 15 is 0 Å². The molecule has 0 amide bonds. The summed E-state index contributed by atoms with van der Waals surface area (Å²) in [6, 6.07) is 1.86. The third-order valence-corrected chi connectivity index (χ3v) is 3.92. The maximum absolute atomic E-state index is 11.7. The van der Waals surface area contributed by atoms with Crippen molar-refractivity contribution >= 4 is 21.6 Å². The highest BCUT2D eigenvalue weighted by Gasteiger charge is 2.04. The van der Waals surface area contributed by atoms with E-state index in [1.165, 1.54) is 11.3 Å².